The van der Waals surface area contributed by atoms with E-state index in [0.717, 1.165) is 0 Å². The fourth-order valence-corrected chi connectivity index (χ4v) is 4.75. The van der Waals surface area contributed by atoms with Crippen LogP contribution in [0.1, 0.15) is 23.2 Å². The van der Waals surface area contributed by atoms with Gasteiger partial charge in [-0.2, -0.15) is 4.31 Å². The van der Waals surface area contributed by atoms with E-state index in [0.29, 0.717) is 51.3 Å². The van der Waals surface area contributed by atoms with Crippen molar-refractivity contribution in [2.45, 2.75) is 17.7 Å². The fraction of sp³-hybridized carbons (Fsp3) is 0.529. The number of aliphatic carboxylic acids is 1. The van der Waals surface area contributed by atoms with Gasteiger partial charge in [0, 0.05) is 31.7 Å². The average Bonchev–Trinajstić information content (AvgIpc) is 2.68. The number of carbonyl (C=O) groups excluding carboxylic acids is 1. The number of amides is 1. The molecule has 1 aromatic carbocycles. The molecule has 2 fully saturated rings. The number of nitrogens with zero attached hydrogens (tertiary/aromatic N) is 2. The third kappa shape index (κ3) is 3.89. The highest BCUT2D eigenvalue weighted by atomic mass is 32.2. The van der Waals surface area contributed by atoms with E-state index in [1.165, 1.54) is 28.6 Å². The van der Waals surface area contributed by atoms with Gasteiger partial charge in [-0.15, -0.1) is 0 Å². The molecule has 0 aromatic heterocycles. The number of piperidine rings is 1. The van der Waals surface area contributed by atoms with Crippen LogP contribution in [-0.2, 0) is 19.6 Å². The van der Waals surface area contributed by atoms with Crippen molar-refractivity contribution in [2.24, 2.45) is 5.92 Å². The number of rotatable bonds is 4. The molecule has 3 rings (SSSR count). The summed E-state index contributed by atoms with van der Waals surface area (Å²) in [7, 11) is -3.77. The molecular weight excluding hydrogens is 360 g/mol. The van der Waals surface area contributed by atoms with E-state index >= 15 is 0 Å². The molecule has 0 aliphatic carbocycles. The summed E-state index contributed by atoms with van der Waals surface area (Å²) in [6, 6.07) is 5.83. The molecule has 1 N–H and O–H groups in total. The first kappa shape index (κ1) is 18.8. The third-order valence-electron chi connectivity index (χ3n) is 4.77. The van der Waals surface area contributed by atoms with Crippen molar-refractivity contribution in [1.29, 1.82) is 0 Å². The number of hydrogen-bond acceptors (Lipinski definition) is 5. The molecule has 1 atom stereocenters. The fourth-order valence-electron chi connectivity index (χ4n) is 3.23. The lowest BCUT2D eigenvalue weighted by molar-refractivity contribution is -0.142. The number of sulfonamides is 1. The zero-order valence-corrected chi connectivity index (χ0v) is 15.2. The van der Waals surface area contributed by atoms with Gasteiger partial charge < -0.3 is 14.7 Å². The summed E-state index contributed by atoms with van der Waals surface area (Å²) >= 11 is 0. The largest absolute Gasteiger partial charge is 0.481 e. The van der Waals surface area contributed by atoms with Gasteiger partial charge in [0.05, 0.1) is 24.0 Å². The van der Waals surface area contributed by atoms with Crippen LogP contribution in [0.2, 0.25) is 0 Å². The average molecular weight is 382 g/mol. The zero-order valence-electron chi connectivity index (χ0n) is 14.3. The molecule has 26 heavy (non-hydrogen) atoms. The smallest absolute Gasteiger partial charge is 0.307 e. The van der Waals surface area contributed by atoms with Gasteiger partial charge in [-0.25, -0.2) is 8.42 Å². The Morgan fingerprint density at radius 2 is 1.73 bits per heavy atom. The van der Waals surface area contributed by atoms with Crippen LogP contribution in [0.4, 0.5) is 0 Å². The Kier molecular flexibility index (Phi) is 5.59. The van der Waals surface area contributed by atoms with Gasteiger partial charge in [-0.3, -0.25) is 9.59 Å². The highest BCUT2D eigenvalue weighted by Crippen LogP contribution is 2.24. The zero-order chi connectivity index (χ0) is 18.7. The maximum absolute atomic E-state index is 12.8. The second-order valence-electron chi connectivity index (χ2n) is 6.47. The molecule has 8 nitrogen and oxygen atoms in total. The third-order valence-corrected chi connectivity index (χ3v) is 6.65. The van der Waals surface area contributed by atoms with Crippen LogP contribution in [0, 0.1) is 5.92 Å². The summed E-state index contributed by atoms with van der Waals surface area (Å²) in [6.07, 6.45) is 0.998. The molecule has 1 amide bonds. The standard InChI is InChI=1S/C17H22N2O6S/c20-16(18-8-10-25-11-9-18)13-3-5-15(6-4-13)26(23,24)19-7-1-2-14(12-19)17(21)22/h3-6,14H,1-2,7-12H2,(H,21,22). The predicted octanol–water partition coefficient (Wildman–Crippen LogP) is 0.644. The Balaban J connectivity index is 1.74. The molecule has 0 saturated carbocycles. The van der Waals surface area contributed by atoms with Gasteiger partial charge in [0.1, 0.15) is 0 Å². The van der Waals surface area contributed by atoms with E-state index in [2.05, 4.69) is 0 Å². The maximum Gasteiger partial charge on any atom is 0.307 e. The first-order valence-electron chi connectivity index (χ1n) is 8.59. The Morgan fingerprint density at radius 1 is 1.08 bits per heavy atom. The first-order valence-corrected chi connectivity index (χ1v) is 10.0. The molecule has 2 heterocycles. The quantitative estimate of drug-likeness (QED) is 0.820. The molecule has 2 aliphatic rings. The van der Waals surface area contributed by atoms with Crippen LogP contribution in [0.25, 0.3) is 0 Å². The molecule has 0 bridgehead atoms. The Bertz CT molecular complexity index is 771. The van der Waals surface area contributed by atoms with E-state index in [9.17, 15) is 18.0 Å². The second kappa shape index (κ2) is 7.73. The number of hydrogen-bond donors (Lipinski definition) is 1. The molecule has 9 heteroatoms. The highest BCUT2D eigenvalue weighted by molar-refractivity contribution is 7.89. The van der Waals surface area contributed by atoms with Gasteiger partial charge in [0.2, 0.25) is 10.0 Å². The molecule has 1 aromatic rings. The van der Waals surface area contributed by atoms with Crippen molar-refractivity contribution in [2.75, 3.05) is 39.4 Å². The molecule has 0 spiro atoms. The van der Waals surface area contributed by atoms with Crippen molar-refractivity contribution in [3.05, 3.63) is 29.8 Å². The van der Waals surface area contributed by atoms with E-state index in [-0.39, 0.29) is 17.3 Å². The number of morpholine rings is 1. The van der Waals surface area contributed by atoms with Gasteiger partial charge in [-0.05, 0) is 37.1 Å². The summed E-state index contributed by atoms with van der Waals surface area (Å²) in [6.45, 7) is 2.31. The van der Waals surface area contributed by atoms with Crippen LogP contribution < -0.4 is 0 Å². The summed E-state index contributed by atoms with van der Waals surface area (Å²) in [5.74, 6) is -1.81. The summed E-state index contributed by atoms with van der Waals surface area (Å²) in [5, 5.41) is 9.14. The van der Waals surface area contributed by atoms with Crippen LogP contribution >= 0.6 is 0 Å². The normalized spacial score (nSPS) is 22.2. The second-order valence-corrected chi connectivity index (χ2v) is 8.41. The monoisotopic (exact) mass is 382 g/mol. The molecule has 0 radical (unpaired) electrons. The van der Waals surface area contributed by atoms with Crippen molar-refractivity contribution in [3.63, 3.8) is 0 Å². The van der Waals surface area contributed by atoms with Gasteiger partial charge in [0.25, 0.3) is 5.91 Å². The molecule has 142 valence electrons. The number of carboxylic acid groups (broad SMARTS) is 1. The highest BCUT2D eigenvalue weighted by Gasteiger charge is 2.33. The minimum absolute atomic E-state index is 0.0217. The molecule has 2 saturated heterocycles. The van der Waals surface area contributed by atoms with E-state index in [1.807, 2.05) is 0 Å². The van der Waals surface area contributed by atoms with Crippen LogP contribution in [0.15, 0.2) is 29.2 Å². The molecule has 2 aliphatic heterocycles. The van der Waals surface area contributed by atoms with Gasteiger partial charge in [0.15, 0.2) is 0 Å². The minimum atomic E-state index is -3.77. The number of ether oxygens (including phenoxy) is 1. The van der Waals surface area contributed by atoms with Crippen molar-refractivity contribution < 1.29 is 27.9 Å². The van der Waals surface area contributed by atoms with E-state index in [4.69, 9.17) is 9.84 Å². The van der Waals surface area contributed by atoms with E-state index < -0.39 is 21.9 Å². The van der Waals surface area contributed by atoms with Crippen LogP contribution in [-0.4, -0.2) is 74.0 Å². The first-order chi connectivity index (χ1) is 12.4. The summed E-state index contributed by atoms with van der Waals surface area (Å²) in [5.41, 5.74) is 0.424. The Hall–Kier alpha value is -1.97. The minimum Gasteiger partial charge on any atom is -0.481 e. The summed E-state index contributed by atoms with van der Waals surface area (Å²) in [4.78, 5) is 25.3. The number of benzene rings is 1. The van der Waals surface area contributed by atoms with Gasteiger partial charge >= 0.3 is 5.97 Å². The number of carbonyl (C=O) groups is 2. The maximum atomic E-state index is 12.8. The summed E-state index contributed by atoms with van der Waals surface area (Å²) < 4.78 is 32.0. The predicted molar refractivity (Wildman–Crippen MR) is 92.3 cm³/mol. The van der Waals surface area contributed by atoms with Crippen molar-refractivity contribution >= 4 is 21.9 Å². The lowest BCUT2D eigenvalue weighted by Gasteiger charge is -2.30. The lowest BCUT2D eigenvalue weighted by atomic mass is 10.0. The number of carboxylic acids is 1. The SMILES string of the molecule is O=C(O)C1CCCN(S(=O)(=O)c2ccc(C(=O)N3CCOCC3)cc2)C1. The van der Waals surface area contributed by atoms with Crippen LogP contribution in [0.3, 0.4) is 0 Å². The van der Waals surface area contributed by atoms with Crippen molar-refractivity contribution in [3.8, 4) is 0 Å². The Morgan fingerprint density at radius 3 is 2.35 bits per heavy atom. The Labute approximate surface area is 152 Å². The van der Waals surface area contributed by atoms with Crippen molar-refractivity contribution in [1.82, 2.24) is 9.21 Å². The molecule has 1 unspecified atom stereocenters. The molecular formula is C17H22N2O6S. The topological polar surface area (TPSA) is 104 Å². The van der Waals surface area contributed by atoms with Crippen LogP contribution in [0.5, 0.6) is 0 Å². The lowest BCUT2D eigenvalue weighted by Crippen LogP contribution is -2.42. The van der Waals surface area contributed by atoms with E-state index in [1.54, 1.807) is 4.90 Å². The van der Waals surface area contributed by atoms with Gasteiger partial charge in [-0.1, -0.05) is 0 Å².